The van der Waals surface area contributed by atoms with Crippen LogP contribution < -0.4 is 10.1 Å². The van der Waals surface area contributed by atoms with E-state index in [-0.39, 0.29) is 36.5 Å². The molecule has 0 bridgehead atoms. The van der Waals surface area contributed by atoms with Crippen LogP contribution in [-0.2, 0) is 9.53 Å². The van der Waals surface area contributed by atoms with Gasteiger partial charge in [-0.05, 0) is 43.3 Å². The number of ether oxygens (including phenoxy) is 2. The van der Waals surface area contributed by atoms with Crippen molar-refractivity contribution in [2.24, 2.45) is 5.92 Å². The van der Waals surface area contributed by atoms with Crippen LogP contribution in [0.25, 0.3) is 0 Å². The van der Waals surface area contributed by atoms with Gasteiger partial charge < -0.3 is 24.6 Å². The van der Waals surface area contributed by atoms with E-state index in [0.717, 1.165) is 0 Å². The lowest BCUT2D eigenvalue weighted by Crippen LogP contribution is -2.48. The maximum atomic E-state index is 13.3. The molecule has 0 aliphatic carbocycles. The van der Waals surface area contributed by atoms with Crippen molar-refractivity contribution < 1.29 is 28.2 Å². The van der Waals surface area contributed by atoms with Crippen LogP contribution in [0.3, 0.4) is 0 Å². The van der Waals surface area contributed by atoms with Crippen molar-refractivity contribution in [1.82, 2.24) is 9.80 Å². The molecule has 2 aromatic rings. The molecule has 1 aliphatic heterocycles. The van der Waals surface area contributed by atoms with Gasteiger partial charge in [-0.1, -0.05) is 13.8 Å². The van der Waals surface area contributed by atoms with E-state index >= 15 is 0 Å². The number of anilines is 1. The van der Waals surface area contributed by atoms with Gasteiger partial charge in [0.25, 0.3) is 11.8 Å². The molecule has 0 aromatic heterocycles. The zero-order chi connectivity index (χ0) is 26.4. The number of amides is 3. The smallest absolute Gasteiger partial charge is 0.257 e. The van der Waals surface area contributed by atoms with Gasteiger partial charge in [-0.2, -0.15) is 0 Å². The Kier molecular flexibility index (Phi) is 9.03. The van der Waals surface area contributed by atoms with Crippen LogP contribution in [0.5, 0.6) is 5.75 Å². The minimum absolute atomic E-state index is 0.00820. The minimum Gasteiger partial charge on any atom is -0.491 e. The van der Waals surface area contributed by atoms with Crippen molar-refractivity contribution in [2.75, 3.05) is 39.2 Å². The quantitative estimate of drug-likeness (QED) is 0.691. The second kappa shape index (κ2) is 12.0. The molecule has 194 valence electrons. The standard InChI is InChI=1S/C27H34FN3O5/c1-6-25(32)31-14-17(2)24(35-5)15-30(4)27(34)22-12-11-21(13-23(22)36-16-18(31)3)29-26(33)19-7-9-20(28)10-8-19/h7-13,17-18,24H,6,14-16H2,1-5H3,(H,29,33)/t17-,18-,24-/m1/s1. The number of halogens is 1. The van der Waals surface area contributed by atoms with Crippen molar-refractivity contribution in [2.45, 2.75) is 39.3 Å². The number of hydrogen-bond donors (Lipinski definition) is 1. The molecule has 36 heavy (non-hydrogen) atoms. The molecule has 1 heterocycles. The van der Waals surface area contributed by atoms with Crippen LogP contribution in [-0.4, -0.2) is 73.5 Å². The lowest BCUT2D eigenvalue weighted by molar-refractivity contribution is -0.135. The van der Waals surface area contributed by atoms with Gasteiger partial charge in [0.2, 0.25) is 5.91 Å². The number of rotatable bonds is 4. The number of fused-ring (bicyclic) bond motifs is 1. The third kappa shape index (κ3) is 6.40. The first kappa shape index (κ1) is 27.1. The van der Waals surface area contributed by atoms with Crippen LogP contribution in [0.1, 0.15) is 47.9 Å². The number of benzene rings is 2. The first-order valence-corrected chi connectivity index (χ1v) is 12.1. The summed E-state index contributed by atoms with van der Waals surface area (Å²) in [5, 5.41) is 2.76. The van der Waals surface area contributed by atoms with Crippen molar-refractivity contribution in [3.63, 3.8) is 0 Å². The van der Waals surface area contributed by atoms with E-state index in [9.17, 15) is 18.8 Å². The van der Waals surface area contributed by atoms with Gasteiger partial charge in [0.15, 0.2) is 0 Å². The Morgan fingerprint density at radius 3 is 2.47 bits per heavy atom. The summed E-state index contributed by atoms with van der Waals surface area (Å²) >= 11 is 0. The van der Waals surface area contributed by atoms with Gasteiger partial charge in [0.1, 0.15) is 18.2 Å². The maximum Gasteiger partial charge on any atom is 0.257 e. The van der Waals surface area contributed by atoms with Crippen molar-refractivity contribution in [3.8, 4) is 5.75 Å². The minimum atomic E-state index is -0.433. The highest BCUT2D eigenvalue weighted by atomic mass is 19.1. The van der Waals surface area contributed by atoms with E-state index in [1.165, 1.54) is 24.3 Å². The molecule has 9 heteroatoms. The van der Waals surface area contributed by atoms with Gasteiger partial charge >= 0.3 is 0 Å². The van der Waals surface area contributed by atoms with E-state index in [2.05, 4.69) is 5.32 Å². The highest BCUT2D eigenvalue weighted by Gasteiger charge is 2.30. The molecular formula is C27H34FN3O5. The summed E-state index contributed by atoms with van der Waals surface area (Å²) in [5.41, 5.74) is 1.05. The first-order chi connectivity index (χ1) is 17.1. The van der Waals surface area contributed by atoms with Crippen LogP contribution in [0, 0.1) is 11.7 Å². The summed E-state index contributed by atoms with van der Waals surface area (Å²) in [5.74, 6) is -0.804. The molecular weight excluding hydrogens is 465 g/mol. The van der Waals surface area contributed by atoms with Gasteiger partial charge in [-0.15, -0.1) is 0 Å². The monoisotopic (exact) mass is 499 g/mol. The fourth-order valence-electron chi connectivity index (χ4n) is 4.20. The molecule has 3 amide bonds. The van der Waals surface area contributed by atoms with Crippen molar-refractivity contribution in [1.29, 1.82) is 0 Å². The van der Waals surface area contributed by atoms with Gasteiger partial charge in [0, 0.05) is 56.9 Å². The highest BCUT2D eigenvalue weighted by molar-refractivity contribution is 6.05. The predicted octanol–water partition coefficient (Wildman–Crippen LogP) is 3.82. The molecule has 0 saturated heterocycles. The van der Waals surface area contributed by atoms with Crippen molar-refractivity contribution >= 4 is 23.4 Å². The lowest BCUT2D eigenvalue weighted by Gasteiger charge is -2.36. The highest BCUT2D eigenvalue weighted by Crippen LogP contribution is 2.27. The van der Waals surface area contributed by atoms with E-state index in [1.54, 1.807) is 42.2 Å². The fraction of sp³-hybridized carbons (Fsp3) is 0.444. The van der Waals surface area contributed by atoms with Gasteiger partial charge in [-0.3, -0.25) is 14.4 Å². The maximum absolute atomic E-state index is 13.3. The normalized spacial score (nSPS) is 21.1. The Bertz CT molecular complexity index is 1090. The van der Waals surface area contributed by atoms with Crippen LogP contribution >= 0.6 is 0 Å². The number of likely N-dealkylation sites (N-methyl/N-ethyl adjacent to an activating group) is 1. The molecule has 0 spiro atoms. The number of carbonyl (C=O) groups excluding carboxylic acids is 3. The Hall–Kier alpha value is -3.46. The summed E-state index contributed by atoms with van der Waals surface area (Å²) in [6, 6.07) is 9.76. The average Bonchev–Trinajstić information content (AvgIpc) is 2.87. The Balaban J connectivity index is 1.93. The molecule has 1 N–H and O–H groups in total. The zero-order valence-corrected chi connectivity index (χ0v) is 21.4. The number of methoxy groups -OCH3 is 1. The molecule has 3 rings (SSSR count). The van der Waals surface area contributed by atoms with E-state index in [4.69, 9.17) is 9.47 Å². The topological polar surface area (TPSA) is 88.2 Å². The lowest BCUT2D eigenvalue weighted by atomic mass is 10.0. The van der Waals surface area contributed by atoms with Gasteiger partial charge in [-0.25, -0.2) is 4.39 Å². The van der Waals surface area contributed by atoms with Gasteiger partial charge in [0.05, 0.1) is 17.7 Å². The van der Waals surface area contributed by atoms with E-state index < -0.39 is 11.7 Å². The van der Waals surface area contributed by atoms with E-state index in [0.29, 0.717) is 42.1 Å². The molecule has 0 fully saturated rings. The summed E-state index contributed by atoms with van der Waals surface area (Å²) in [4.78, 5) is 42.0. The fourth-order valence-corrected chi connectivity index (χ4v) is 4.20. The van der Waals surface area contributed by atoms with Crippen LogP contribution in [0.15, 0.2) is 42.5 Å². The third-order valence-corrected chi connectivity index (χ3v) is 6.43. The predicted molar refractivity (Wildman–Crippen MR) is 135 cm³/mol. The zero-order valence-electron chi connectivity index (χ0n) is 21.4. The van der Waals surface area contributed by atoms with Crippen molar-refractivity contribution in [3.05, 3.63) is 59.4 Å². The Morgan fingerprint density at radius 2 is 1.83 bits per heavy atom. The number of carbonyl (C=O) groups is 3. The summed E-state index contributed by atoms with van der Waals surface area (Å²) in [6.45, 7) is 6.70. The second-order valence-corrected chi connectivity index (χ2v) is 9.17. The number of nitrogens with zero attached hydrogens (tertiary/aromatic N) is 2. The molecule has 1 aliphatic rings. The number of hydrogen-bond acceptors (Lipinski definition) is 5. The van der Waals surface area contributed by atoms with Crippen LogP contribution in [0.4, 0.5) is 10.1 Å². The summed E-state index contributed by atoms with van der Waals surface area (Å²) in [7, 11) is 3.30. The SMILES string of the molecule is CCC(=O)N1C[C@@H](C)[C@H](OC)CN(C)C(=O)c2ccc(NC(=O)c3ccc(F)cc3)cc2OC[C@H]1C. The third-order valence-electron chi connectivity index (χ3n) is 6.43. The largest absolute Gasteiger partial charge is 0.491 e. The molecule has 0 unspecified atom stereocenters. The van der Waals surface area contributed by atoms with Crippen LogP contribution in [0.2, 0.25) is 0 Å². The first-order valence-electron chi connectivity index (χ1n) is 12.1. The Labute approximate surface area is 211 Å². The molecule has 8 nitrogen and oxygen atoms in total. The second-order valence-electron chi connectivity index (χ2n) is 9.17. The molecule has 0 saturated carbocycles. The van der Waals surface area contributed by atoms with E-state index in [1.807, 2.05) is 20.8 Å². The number of nitrogens with one attached hydrogen (secondary N) is 1. The molecule has 2 aromatic carbocycles. The summed E-state index contributed by atoms with van der Waals surface area (Å²) < 4.78 is 25.0. The molecule has 3 atom stereocenters. The molecule has 0 radical (unpaired) electrons. The summed E-state index contributed by atoms with van der Waals surface area (Å²) in [6.07, 6.45) is 0.0971. The average molecular weight is 500 g/mol. The Morgan fingerprint density at radius 1 is 1.14 bits per heavy atom.